The van der Waals surface area contributed by atoms with Crippen molar-refractivity contribution in [2.24, 2.45) is 17.6 Å². The van der Waals surface area contributed by atoms with Crippen LogP contribution in [0.25, 0.3) is 0 Å². The Morgan fingerprint density at radius 1 is 1.22 bits per heavy atom. The molecular weight excluding hydrogens is 265 g/mol. The van der Waals surface area contributed by atoms with Crippen molar-refractivity contribution in [1.29, 1.82) is 0 Å². The van der Waals surface area contributed by atoms with Crippen LogP contribution >= 0.6 is 23.2 Å². The molecule has 0 saturated heterocycles. The smallest absolute Gasteiger partial charge is 0.0627 e. The molecule has 18 heavy (non-hydrogen) atoms. The zero-order valence-electron chi connectivity index (χ0n) is 11.0. The van der Waals surface area contributed by atoms with Crippen molar-refractivity contribution in [3.05, 3.63) is 33.8 Å². The fourth-order valence-electron chi connectivity index (χ4n) is 3.00. The molecule has 0 amide bonds. The van der Waals surface area contributed by atoms with Gasteiger partial charge in [0.2, 0.25) is 0 Å². The summed E-state index contributed by atoms with van der Waals surface area (Å²) in [6, 6.07) is 6.08. The molecule has 1 saturated carbocycles. The van der Waals surface area contributed by atoms with Crippen molar-refractivity contribution in [2.75, 3.05) is 0 Å². The first-order chi connectivity index (χ1) is 8.50. The third-order valence-corrected chi connectivity index (χ3v) is 5.10. The van der Waals surface area contributed by atoms with E-state index in [1.54, 1.807) is 0 Å². The summed E-state index contributed by atoms with van der Waals surface area (Å²) < 4.78 is 0. The quantitative estimate of drug-likeness (QED) is 0.825. The Hall–Kier alpha value is -0.240. The zero-order valence-corrected chi connectivity index (χ0v) is 12.5. The van der Waals surface area contributed by atoms with E-state index in [1.165, 1.54) is 6.42 Å². The van der Waals surface area contributed by atoms with Gasteiger partial charge in [-0.25, -0.2) is 0 Å². The van der Waals surface area contributed by atoms with Crippen LogP contribution in [0.15, 0.2) is 18.2 Å². The van der Waals surface area contributed by atoms with E-state index in [9.17, 15) is 0 Å². The van der Waals surface area contributed by atoms with Gasteiger partial charge in [-0.3, -0.25) is 0 Å². The highest BCUT2D eigenvalue weighted by Crippen LogP contribution is 2.42. The number of nitrogens with two attached hydrogens (primary N) is 1. The molecule has 3 heteroatoms. The van der Waals surface area contributed by atoms with Crippen molar-refractivity contribution < 1.29 is 0 Å². The van der Waals surface area contributed by atoms with E-state index in [-0.39, 0.29) is 6.04 Å². The van der Waals surface area contributed by atoms with Gasteiger partial charge < -0.3 is 5.73 Å². The summed E-state index contributed by atoms with van der Waals surface area (Å²) in [4.78, 5) is 0. The molecule has 2 N–H and O–H groups in total. The third-order valence-electron chi connectivity index (χ3n) is 4.27. The van der Waals surface area contributed by atoms with Gasteiger partial charge in [-0.1, -0.05) is 49.2 Å². The molecule has 3 unspecified atom stereocenters. The van der Waals surface area contributed by atoms with Crippen LogP contribution in [0.5, 0.6) is 0 Å². The molecule has 3 atom stereocenters. The van der Waals surface area contributed by atoms with Crippen molar-refractivity contribution in [3.8, 4) is 0 Å². The molecule has 2 rings (SSSR count). The highest BCUT2D eigenvalue weighted by molar-refractivity contribution is 6.42. The van der Waals surface area contributed by atoms with Crippen LogP contribution in [0.2, 0.25) is 10.0 Å². The number of hydrogen-bond acceptors (Lipinski definition) is 1. The van der Waals surface area contributed by atoms with Gasteiger partial charge in [-0.15, -0.1) is 0 Å². The molecule has 1 aromatic rings. The van der Waals surface area contributed by atoms with Crippen molar-refractivity contribution in [3.63, 3.8) is 0 Å². The topological polar surface area (TPSA) is 26.0 Å². The van der Waals surface area contributed by atoms with Gasteiger partial charge in [0.15, 0.2) is 0 Å². The average Bonchev–Trinajstić information content (AvgIpc) is 2.33. The highest BCUT2D eigenvalue weighted by Gasteiger charge is 2.32. The Morgan fingerprint density at radius 2 is 1.94 bits per heavy atom. The molecule has 0 spiro atoms. The maximum absolute atomic E-state index is 6.33. The van der Waals surface area contributed by atoms with Gasteiger partial charge in [0.25, 0.3) is 0 Å². The number of benzene rings is 1. The second kappa shape index (κ2) is 5.81. The number of halogens is 2. The molecule has 0 aromatic heterocycles. The first kappa shape index (κ1) is 14.2. The van der Waals surface area contributed by atoms with Crippen LogP contribution in [0.1, 0.15) is 44.6 Å². The Morgan fingerprint density at radius 3 is 2.61 bits per heavy atom. The van der Waals surface area contributed by atoms with Gasteiger partial charge in [0.05, 0.1) is 10.0 Å². The van der Waals surface area contributed by atoms with Crippen LogP contribution in [0.3, 0.4) is 0 Å². The molecule has 1 aliphatic carbocycles. The van der Waals surface area contributed by atoms with Crippen LogP contribution in [0, 0.1) is 11.8 Å². The number of rotatable bonds is 2. The van der Waals surface area contributed by atoms with Gasteiger partial charge in [-0.2, -0.15) is 0 Å². The maximum atomic E-state index is 6.33. The average molecular weight is 286 g/mol. The molecular formula is C15H21Cl2N. The van der Waals surface area contributed by atoms with Crippen molar-refractivity contribution in [1.82, 2.24) is 0 Å². The van der Waals surface area contributed by atoms with Crippen LogP contribution < -0.4 is 5.73 Å². The minimum absolute atomic E-state index is 0.205. The predicted molar refractivity (Wildman–Crippen MR) is 79.4 cm³/mol. The number of hydrogen-bond donors (Lipinski definition) is 1. The lowest BCUT2D eigenvalue weighted by molar-refractivity contribution is 0.232. The maximum Gasteiger partial charge on any atom is 0.0627 e. The third kappa shape index (κ3) is 2.84. The molecule has 0 bridgehead atoms. The Kier molecular flexibility index (Phi) is 4.58. The summed E-state index contributed by atoms with van der Waals surface area (Å²) in [6.07, 6.45) is 3.43. The van der Waals surface area contributed by atoms with Gasteiger partial charge in [-0.05, 0) is 42.7 Å². The summed E-state index contributed by atoms with van der Waals surface area (Å²) in [5, 5.41) is 1.32. The van der Waals surface area contributed by atoms with Crippen molar-refractivity contribution >= 4 is 23.2 Å². The molecule has 100 valence electrons. The van der Waals surface area contributed by atoms with Gasteiger partial charge in [0, 0.05) is 12.0 Å². The largest absolute Gasteiger partial charge is 0.327 e. The Bertz CT molecular complexity index is 417. The van der Waals surface area contributed by atoms with Crippen LogP contribution in [-0.4, -0.2) is 6.04 Å². The molecule has 1 fully saturated rings. The van der Waals surface area contributed by atoms with Gasteiger partial charge >= 0.3 is 0 Å². The molecule has 1 aliphatic rings. The predicted octanol–water partition coefficient (Wildman–Crippen LogP) is 4.86. The standard InChI is InChI=1S/C15H21Cl2N/c1-9(2)10-6-7-14(18)12(8-10)11-4-3-5-13(16)15(11)17/h3-5,9-10,12,14H,6-8,18H2,1-2H3. The van der Waals surface area contributed by atoms with E-state index >= 15 is 0 Å². The first-order valence-electron chi connectivity index (χ1n) is 6.70. The Balaban J connectivity index is 2.27. The van der Waals surface area contributed by atoms with E-state index < -0.39 is 0 Å². The molecule has 0 radical (unpaired) electrons. The summed E-state index contributed by atoms with van der Waals surface area (Å²) in [6.45, 7) is 4.58. The monoisotopic (exact) mass is 285 g/mol. The highest BCUT2D eigenvalue weighted by atomic mass is 35.5. The van der Waals surface area contributed by atoms with E-state index in [2.05, 4.69) is 19.9 Å². The fourth-order valence-corrected chi connectivity index (χ4v) is 3.44. The summed E-state index contributed by atoms with van der Waals surface area (Å²) in [7, 11) is 0. The summed E-state index contributed by atoms with van der Waals surface area (Å²) in [5.74, 6) is 1.79. The van der Waals surface area contributed by atoms with E-state index in [1.807, 2.05) is 12.1 Å². The zero-order chi connectivity index (χ0) is 13.3. The second-order valence-corrected chi connectivity index (χ2v) is 6.52. The SMILES string of the molecule is CC(C)C1CCC(N)C(c2cccc(Cl)c2Cl)C1. The van der Waals surface area contributed by atoms with E-state index in [0.717, 1.165) is 24.3 Å². The molecule has 0 heterocycles. The van der Waals surface area contributed by atoms with Crippen LogP contribution in [0.4, 0.5) is 0 Å². The normalized spacial score (nSPS) is 28.7. The molecule has 0 aliphatic heterocycles. The first-order valence-corrected chi connectivity index (χ1v) is 7.45. The second-order valence-electron chi connectivity index (χ2n) is 5.73. The van der Waals surface area contributed by atoms with Gasteiger partial charge in [0.1, 0.15) is 0 Å². The van der Waals surface area contributed by atoms with Crippen molar-refractivity contribution in [2.45, 2.75) is 45.1 Å². The molecule has 1 nitrogen and oxygen atoms in total. The lowest BCUT2D eigenvalue weighted by atomic mass is 9.71. The molecule has 1 aromatic carbocycles. The van der Waals surface area contributed by atoms with E-state index in [0.29, 0.717) is 21.9 Å². The summed E-state index contributed by atoms with van der Waals surface area (Å²) >= 11 is 12.4. The summed E-state index contributed by atoms with van der Waals surface area (Å²) in [5.41, 5.74) is 7.42. The minimum atomic E-state index is 0.205. The lowest BCUT2D eigenvalue weighted by Crippen LogP contribution is -2.36. The fraction of sp³-hybridized carbons (Fsp3) is 0.600. The van der Waals surface area contributed by atoms with E-state index in [4.69, 9.17) is 28.9 Å². The Labute approximate surface area is 120 Å². The minimum Gasteiger partial charge on any atom is -0.327 e. The lowest BCUT2D eigenvalue weighted by Gasteiger charge is -2.36. The van der Waals surface area contributed by atoms with Crippen LogP contribution in [-0.2, 0) is 0 Å².